The molecule has 1 fully saturated rings. The molecule has 0 aromatic heterocycles. The van der Waals surface area contributed by atoms with Crippen LogP contribution in [0, 0.1) is 17.8 Å². The van der Waals surface area contributed by atoms with Crippen molar-refractivity contribution in [2.45, 2.75) is 71.4 Å². The lowest BCUT2D eigenvalue weighted by Crippen LogP contribution is -2.28. The molecule has 3 heterocycles. The quantitative estimate of drug-likeness (QED) is 0.400. The van der Waals surface area contributed by atoms with E-state index in [1.165, 1.54) is 11.1 Å². The van der Waals surface area contributed by atoms with E-state index in [0.717, 1.165) is 25.2 Å². The van der Waals surface area contributed by atoms with Crippen LogP contribution in [0.1, 0.15) is 54.4 Å². The van der Waals surface area contributed by atoms with Crippen LogP contribution in [0.25, 0.3) is 0 Å². The molecule has 6 atom stereocenters. The molecule has 0 spiro atoms. The molecule has 2 bridgehead atoms. The summed E-state index contributed by atoms with van der Waals surface area (Å²) in [5.41, 5.74) is 3.04. The summed E-state index contributed by atoms with van der Waals surface area (Å²) in [5, 5.41) is 0. The first kappa shape index (κ1) is 18.7. The number of rotatable bonds is 6. The summed E-state index contributed by atoms with van der Waals surface area (Å²) < 4.78 is 27.9. The van der Waals surface area contributed by atoms with Gasteiger partial charge in [-0.3, -0.25) is 0 Å². The van der Waals surface area contributed by atoms with Gasteiger partial charge in [-0.2, -0.15) is 0 Å². The molecular weight excluding hydrogens is 334 g/mol. The highest BCUT2D eigenvalue weighted by atomic mass is 31.2. The fraction of sp³-hybridized carbons (Fsp3) is 0.800. The second-order valence-electron chi connectivity index (χ2n) is 9.26. The Morgan fingerprint density at radius 2 is 1.54 bits per heavy atom. The fourth-order valence-corrected chi connectivity index (χ4v) is 15.5. The van der Waals surface area contributed by atoms with Crippen molar-refractivity contribution in [3.8, 4) is 0 Å². The minimum Gasteiger partial charge on any atom is -0.322 e. The van der Waals surface area contributed by atoms with Crippen molar-refractivity contribution >= 4 is 14.3 Å². The van der Waals surface area contributed by atoms with Gasteiger partial charge in [0, 0.05) is 35.2 Å². The van der Waals surface area contributed by atoms with Gasteiger partial charge in [-0.15, -0.1) is 0 Å². The van der Waals surface area contributed by atoms with Crippen molar-refractivity contribution < 1.29 is 9.13 Å². The second-order valence-corrected chi connectivity index (χ2v) is 15.6. The van der Waals surface area contributed by atoms with E-state index < -0.39 is 14.3 Å². The maximum Gasteiger partial charge on any atom is 0.113 e. The van der Waals surface area contributed by atoms with Gasteiger partial charge in [0.2, 0.25) is 0 Å². The zero-order valence-electron chi connectivity index (χ0n) is 16.2. The smallest absolute Gasteiger partial charge is 0.113 e. The lowest BCUT2D eigenvalue weighted by Gasteiger charge is -2.28. The van der Waals surface area contributed by atoms with Crippen molar-refractivity contribution in [2.75, 3.05) is 12.3 Å². The molecule has 0 aromatic rings. The van der Waals surface area contributed by atoms with Gasteiger partial charge in [-0.05, 0) is 44.3 Å². The van der Waals surface area contributed by atoms with Crippen LogP contribution in [0.15, 0.2) is 23.0 Å². The topological polar surface area (TPSA) is 34.1 Å². The molecule has 3 aliphatic heterocycles. The molecule has 0 N–H and O–H groups in total. The molecular formula is C20H34O2P2. The van der Waals surface area contributed by atoms with Crippen LogP contribution >= 0.6 is 14.3 Å². The SMILES string of the molecule is CC1=CP(=O)(CCC(C)C)[C@H]2[C@@H]1[C@H]1C(C)=C[C@@H]2P1(=O)CCC(C)C. The van der Waals surface area contributed by atoms with Crippen LogP contribution in [0.2, 0.25) is 0 Å². The molecule has 2 nitrogen and oxygen atoms in total. The molecule has 2 unspecified atom stereocenters. The average molecular weight is 368 g/mol. The van der Waals surface area contributed by atoms with Crippen LogP contribution in [-0.2, 0) is 9.13 Å². The van der Waals surface area contributed by atoms with E-state index in [4.69, 9.17) is 0 Å². The molecule has 136 valence electrons. The van der Waals surface area contributed by atoms with Crippen molar-refractivity contribution in [2.24, 2.45) is 17.8 Å². The monoisotopic (exact) mass is 368 g/mol. The van der Waals surface area contributed by atoms with Crippen molar-refractivity contribution in [1.82, 2.24) is 0 Å². The third-order valence-electron chi connectivity index (χ3n) is 6.50. The Morgan fingerprint density at radius 3 is 2.12 bits per heavy atom. The number of hydrogen-bond donors (Lipinski definition) is 0. The van der Waals surface area contributed by atoms with Crippen LogP contribution in [-0.4, -0.2) is 29.3 Å². The predicted octanol–water partition coefficient (Wildman–Crippen LogP) is 6.42. The van der Waals surface area contributed by atoms with Crippen molar-refractivity contribution in [3.05, 3.63) is 23.0 Å². The Morgan fingerprint density at radius 1 is 0.958 bits per heavy atom. The van der Waals surface area contributed by atoms with E-state index >= 15 is 0 Å². The highest BCUT2D eigenvalue weighted by Gasteiger charge is 2.66. The lowest BCUT2D eigenvalue weighted by molar-refractivity contribution is 0.536. The van der Waals surface area contributed by atoms with E-state index in [1.807, 2.05) is 0 Å². The van der Waals surface area contributed by atoms with Crippen LogP contribution in [0.3, 0.4) is 0 Å². The summed E-state index contributed by atoms with van der Waals surface area (Å²) in [4.78, 5) is 0. The van der Waals surface area contributed by atoms with Gasteiger partial charge < -0.3 is 9.13 Å². The summed E-state index contributed by atoms with van der Waals surface area (Å²) in [6.07, 6.45) is 5.97. The van der Waals surface area contributed by atoms with Crippen LogP contribution in [0.4, 0.5) is 0 Å². The summed E-state index contributed by atoms with van der Waals surface area (Å²) in [6.45, 7) is 13.1. The third-order valence-corrected chi connectivity index (χ3v) is 14.3. The number of hydrogen-bond acceptors (Lipinski definition) is 2. The van der Waals surface area contributed by atoms with E-state index in [9.17, 15) is 9.13 Å². The Hall–Kier alpha value is -0.0600. The first-order chi connectivity index (χ1) is 11.1. The van der Waals surface area contributed by atoms with Crippen molar-refractivity contribution in [1.29, 1.82) is 0 Å². The van der Waals surface area contributed by atoms with Gasteiger partial charge in [-0.25, -0.2) is 0 Å². The summed E-state index contributed by atoms with van der Waals surface area (Å²) in [5.74, 6) is 3.59. The molecule has 1 saturated heterocycles. The molecule has 4 heteroatoms. The first-order valence-electron chi connectivity index (χ1n) is 9.64. The minimum atomic E-state index is -2.36. The predicted molar refractivity (Wildman–Crippen MR) is 106 cm³/mol. The first-order valence-corrected chi connectivity index (χ1v) is 13.7. The minimum absolute atomic E-state index is 0.0953. The van der Waals surface area contributed by atoms with Crippen LogP contribution in [0.5, 0.6) is 0 Å². The summed E-state index contributed by atoms with van der Waals surface area (Å²) in [7, 11) is -4.66. The molecule has 24 heavy (non-hydrogen) atoms. The molecule has 0 aliphatic carbocycles. The molecule has 0 radical (unpaired) electrons. The standard InChI is InChI=1S/C20H34O2P2/c1-13(2)7-9-23(21)12-16(6)18-19-15(5)11-17(20(18)23)24(19,22)10-8-14(3)4/h11-14,17-20H,7-10H2,1-6H3/t17-,18-,19+,20+,23?,24?/m0/s1. The van der Waals surface area contributed by atoms with Gasteiger partial charge in [0.15, 0.2) is 0 Å². The maximum absolute atomic E-state index is 14.0. The van der Waals surface area contributed by atoms with Gasteiger partial charge in [0.05, 0.1) is 0 Å². The molecule has 0 amide bonds. The molecule has 0 saturated carbocycles. The average Bonchev–Trinajstić information content (AvgIpc) is 2.98. The molecule has 3 aliphatic rings. The highest BCUT2D eigenvalue weighted by Crippen LogP contribution is 2.82. The van der Waals surface area contributed by atoms with E-state index in [-0.39, 0.29) is 17.0 Å². The molecule has 0 aromatic carbocycles. The van der Waals surface area contributed by atoms with E-state index in [1.54, 1.807) is 0 Å². The Labute approximate surface area is 148 Å². The number of allylic oxidation sites excluding steroid dienone is 3. The lowest BCUT2D eigenvalue weighted by atomic mass is 9.85. The second kappa shape index (κ2) is 6.28. The van der Waals surface area contributed by atoms with Crippen LogP contribution < -0.4 is 0 Å². The van der Waals surface area contributed by atoms with Gasteiger partial charge in [0.1, 0.15) is 14.3 Å². The zero-order valence-corrected chi connectivity index (χ0v) is 17.9. The summed E-state index contributed by atoms with van der Waals surface area (Å²) in [6, 6.07) is 0. The molecule has 3 rings (SSSR count). The third kappa shape index (κ3) is 2.77. The Bertz CT molecular complexity index is 671. The Kier molecular flexibility index (Phi) is 4.90. The maximum atomic E-state index is 14.0. The normalized spacial score (nSPS) is 43.5. The zero-order chi connectivity index (χ0) is 17.9. The van der Waals surface area contributed by atoms with Gasteiger partial charge >= 0.3 is 0 Å². The van der Waals surface area contributed by atoms with E-state index in [2.05, 4.69) is 53.4 Å². The number of fused-ring (bicyclic) bond motifs is 5. The van der Waals surface area contributed by atoms with Gasteiger partial charge in [-0.1, -0.05) is 44.9 Å². The fourth-order valence-electron chi connectivity index (χ4n) is 5.32. The largest absolute Gasteiger partial charge is 0.322 e. The summed E-state index contributed by atoms with van der Waals surface area (Å²) >= 11 is 0. The van der Waals surface area contributed by atoms with Crippen molar-refractivity contribution in [3.63, 3.8) is 0 Å². The van der Waals surface area contributed by atoms with Gasteiger partial charge in [0.25, 0.3) is 0 Å². The van der Waals surface area contributed by atoms with E-state index in [0.29, 0.717) is 17.8 Å². The highest BCUT2D eigenvalue weighted by molar-refractivity contribution is 7.72. The Balaban J connectivity index is 1.94.